The molecule has 4 rings (SSSR count). The van der Waals surface area contributed by atoms with Gasteiger partial charge in [0.2, 0.25) is 11.7 Å². The van der Waals surface area contributed by atoms with E-state index in [1.54, 1.807) is 18.4 Å². The van der Waals surface area contributed by atoms with Crippen molar-refractivity contribution in [1.82, 2.24) is 20.1 Å². The predicted octanol–water partition coefficient (Wildman–Crippen LogP) is 1.92. The van der Waals surface area contributed by atoms with Gasteiger partial charge in [0.15, 0.2) is 20.8 Å². The number of rotatable bonds is 6. The molecule has 8 nitrogen and oxygen atoms in total. The molecule has 1 amide bonds. The van der Waals surface area contributed by atoms with Crippen molar-refractivity contribution >= 4 is 27.5 Å². The van der Waals surface area contributed by atoms with E-state index in [0.717, 1.165) is 5.69 Å². The quantitative estimate of drug-likeness (QED) is 0.610. The van der Waals surface area contributed by atoms with Crippen LogP contribution < -0.4 is 5.32 Å². The highest BCUT2D eigenvalue weighted by Crippen LogP contribution is 2.28. The number of hydrogen-bond donors (Lipinski definition) is 1. The van der Waals surface area contributed by atoms with Crippen LogP contribution in [0, 0.1) is 0 Å². The Morgan fingerprint density at radius 2 is 2.04 bits per heavy atom. The highest BCUT2D eigenvalue weighted by Gasteiger charge is 2.29. The Balaban J connectivity index is 1.51. The largest absolute Gasteiger partial charge is 0.461 e. The van der Waals surface area contributed by atoms with E-state index in [9.17, 15) is 13.2 Å². The summed E-state index contributed by atoms with van der Waals surface area (Å²) in [5, 5.41) is 11.8. The topological polar surface area (TPSA) is 107 Å². The smallest absolute Gasteiger partial charge is 0.230 e. The third kappa shape index (κ3) is 4.12. The Labute approximate surface area is 166 Å². The summed E-state index contributed by atoms with van der Waals surface area (Å²) in [5.74, 6) is 1.13. The molecule has 1 aromatic carbocycles. The number of hydrogen-bond acceptors (Lipinski definition) is 7. The number of benzene rings is 1. The van der Waals surface area contributed by atoms with E-state index in [-0.39, 0.29) is 29.2 Å². The van der Waals surface area contributed by atoms with Crippen LogP contribution in [0.3, 0.4) is 0 Å². The van der Waals surface area contributed by atoms with Gasteiger partial charge in [-0.1, -0.05) is 30.0 Å². The van der Waals surface area contributed by atoms with Crippen LogP contribution >= 0.6 is 11.8 Å². The van der Waals surface area contributed by atoms with E-state index in [4.69, 9.17) is 4.42 Å². The van der Waals surface area contributed by atoms with Crippen LogP contribution in [0.4, 0.5) is 0 Å². The second-order valence-electron chi connectivity index (χ2n) is 6.41. The molecule has 0 saturated carbocycles. The maximum Gasteiger partial charge on any atom is 0.230 e. The number of furan rings is 1. The average Bonchev–Trinajstić information content (AvgIpc) is 3.40. The number of aromatic nitrogens is 3. The van der Waals surface area contributed by atoms with Gasteiger partial charge >= 0.3 is 0 Å². The van der Waals surface area contributed by atoms with Gasteiger partial charge in [0.25, 0.3) is 0 Å². The minimum Gasteiger partial charge on any atom is -0.461 e. The highest BCUT2D eigenvalue weighted by atomic mass is 32.2. The molecule has 1 atom stereocenters. The molecule has 1 aliphatic heterocycles. The van der Waals surface area contributed by atoms with Gasteiger partial charge in [-0.3, -0.25) is 9.36 Å². The summed E-state index contributed by atoms with van der Waals surface area (Å²) in [6.07, 6.45) is 2.02. The Morgan fingerprint density at radius 1 is 1.21 bits per heavy atom. The molecule has 2 aromatic heterocycles. The van der Waals surface area contributed by atoms with Crippen molar-refractivity contribution in [1.29, 1.82) is 0 Å². The molecule has 1 aliphatic rings. The van der Waals surface area contributed by atoms with E-state index in [2.05, 4.69) is 15.5 Å². The molecule has 10 heteroatoms. The van der Waals surface area contributed by atoms with E-state index in [1.165, 1.54) is 11.8 Å². The van der Waals surface area contributed by atoms with Crippen LogP contribution in [0.25, 0.3) is 17.3 Å². The SMILES string of the molecule is O=C(CSc1nnc(-c2ccco2)n1-c1ccccc1)NC1CCS(=O)(=O)C1. The number of sulfone groups is 1. The lowest BCUT2D eigenvalue weighted by Crippen LogP contribution is -2.36. The molecule has 0 radical (unpaired) electrons. The van der Waals surface area contributed by atoms with Crippen molar-refractivity contribution in [2.45, 2.75) is 17.6 Å². The van der Waals surface area contributed by atoms with Gasteiger partial charge in [0.1, 0.15) is 0 Å². The van der Waals surface area contributed by atoms with E-state index in [1.807, 2.05) is 34.9 Å². The van der Waals surface area contributed by atoms with Crippen LogP contribution in [-0.2, 0) is 14.6 Å². The van der Waals surface area contributed by atoms with Gasteiger partial charge in [0, 0.05) is 11.7 Å². The summed E-state index contributed by atoms with van der Waals surface area (Å²) in [5.41, 5.74) is 0.851. The Morgan fingerprint density at radius 3 is 2.71 bits per heavy atom. The first-order valence-corrected chi connectivity index (χ1v) is 11.5. The second-order valence-corrected chi connectivity index (χ2v) is 9.58. The number of carbonyl (C=O) groups excluding carboxylic acids is 1. The third-order valence-corrected chi connectivity index (χ3v) is 7.02. The van der Waals surface area contributed by atoms with Crippen LogP contribution in [0.5, 0.6) is 0 Å². The number of carbonyl (C=O) groups is 1. The van der Waals surface area contributed by atoms with Gasteiger partial charge in [-0.2, -0.15) is 0 Å². The molecule has 1 saturated heterocycles. The molecular formula is C18H18N4O4S2. The molecule has 0 bridgehead atoms. The summed E-state index contributed by atoms with van der Waals surface area (Å²) in [7, 11) is -3.03. The molecule has 0 spiro atoms. The summed E-state index contributed by atoms with van der Waals surface area (Å²) in [6, 6.07) is 12.8. The maximum atomic E-state index is 12.3. The number of amides is 1. The number of nitrogens with zero attached hydrogens (tertiary/aromatic N) is 3. The maximum absolute atomic E-state index is 12.3. The van der Waals surface area contributed by atoms with Crippen LogP contribution in [-0.4, -0.2) is 52.4 Å². The molecule has 1 unspecified atom stereocenters. The first kappa shape index (κ1) is 18.8. The van der Waals surface area contributed by atoms with Gasteiger partial charge in [-0.15, -0.1) is 10.2 Å². The van der Waals surface area contributed by atoms with Crippen molar-refractivity contribution < 1.29 is 17.6 Å². The minimum atomic E-state index is -3.03. The lowest BCUT2D eigenvalue weighted by molar-refractivity contribution is -0.119. The third-order valence-electron chi connectivity index (χ3n) is 4.32. The molecule has 3 heterocycles. The fraction of sp³-hybridized carbons (Fsp3) is 0.278. The molecule has 3 aromatic rings. The average molecular weight is 419 g/mol. The number of thioether (sulfide) groups is 1. The lowest BCUT2D eigenvalue weighted by Gasteiger charge is -2.11. The molecular weight excluding hydrogens is 400 g/mol. The van der Waals surface area contributed by atoms with Crippen molar-refractivity contribution in [3.8, 4) is 17.3 Å². The monoisotopic (exact) mass is 418 g/mol. The van der Waals surface area contributed by atoms with Gasteiger partial charge in [-0.25, -0.2) is 8.42 Å². The van der Waals surface area contributed by atoms with Crippen molar-refractivity contribution in [2.24, 2.45) is 0 Å². The van der Waals surface area contributed by atoms with Crippen molar-refractivity contribution in [2.75, 3.05) is 17.3 Å². The van der Waals surface area contributed by atoms with Crippen LogP contribution in [0.15, 0.2) is 58.3 Å². The summed E-state index contributed by atoms with van der Waals surface area (Å²) in [6.45, 7) is 0. The zero-order chi connectivity index (χ0) is 19.6. The Hall–Kier alpha value is -2.59. The number of nitrogens with one attached hydrogen (secondary N) is 1. The van der Waals surface area contributed by atoms with Gasteiger partial charge in [0.05, 0.1) is 23.5 Å². The van der Waals surface area contributed by atoms with Gasteiger partial charge < -0.3 is 9.73 Å². The summed E-state index contributed by atoms with van der Waals surface area (Å²) < 4.78 is 30.4. The summed E-state index contributed by atoms with van der Waals surface area (Å²) in [4.78, 5) is 12.3. The standard InChI is InChI=1S/C18H18N4O4S2/c23-16(19-13-8-10-28(24,25)12-13)11-27-18-21-20-17(15-7-4-9-26-15)22(18)14-5-2-1-3-6-14/h1-7,9,13H,8,10-12H2,(H,19,23). The van der Waals surface area contributed by atoms with Crippen molar-refractivity contribution in [3.63, 3.8) is 0 Å². The van der Waals surface area contributed by atoms with Crippen molar-refractivity contribution in [3.05, 3.63) is 48.7 Å². The lowest BCUT2D eigenvalue weighted by atomic mass is 10.3. The minimum absolute atomic E-state index is 0.00620. The fourth-order valence-electron chi connectivity index (χ4n) is 3.05. The molecule has 1 fully saturated rings. The zero-order valence-electron chi connectivity index (χ0n) is 14.8. The molecule has 28 heavy (non-hydrogen) atoms. The van der Waals surface area contributed by atoms with E-state index < -0.39 is 9.84 Å². The first-order chi connectivity index (χ1) is 13.5. The Kier molecular flexibility index (Phi) is 5.23. The van der Waals surface area contributed by atoms with E-state index in [0.29, 0.717) is 23.2 Å². The molecule has 1 N–H and O–H groups in total. The molecule has 0 aliphatic carbocycles. The Bertz CT molecular complexity index is 1060. The predicted molar refractivity (Wildman–Crippen MR) is 105 cm³/mol. The van der Waals surface area contributed by atoms with Crippen LogP contribution in [0.1, 0.15) is 6.42 Å². The first-order valence-electron chi connectivity index (χ1n) is 8.69. The fourth-order valence-corrected chi connectivity index (χ4v) is 5.48. The van der Waals surface area contributed by atoms with E-state index >= 15 is 0 Å². The normalized spacial score (nSPS) is 18.2. The van der Waals surface area contributed by atoms with Gasteiger partial charge in [-0.05, 0) is 30.7 Å². The molecule has 146 valence electrons. The highest BCUT2D eigenvalue weighted by molar-refractivity contribution is 7.99. The second kappa shape index (κ2) is 7.80. The summed E-state index contributed by atoms with van der Waals surface area (Å²) >= 11 is 1.24. The van der Waals surface area contributed by atoms with Crippen LogP contribution in [0.2, 0.25) is 0 Å². The number of para-hydroxylation sites is 1. The zero-order valence-corrected chi connectivity index (χ0v) is 16.4.